The third kappa shape index (κ3) is 1.21. The fourth-order valence-corrected chi connectivity index (χ4v) is 0.517. The molecule has 0 radical (unpaired) electrons. The Kier molecular flexibility index (Phi) is 1.88. The molecule has 0 saturated carbocycles. The molecular formula is C5H9NO2. The van der Waals surface area contributed by atoms with Crippen LogP contribution in [-0.4, -0.2) is 12.9 Å². The zero-order valence-electron chi connectivity index (χ0n) is 4.76. The van der Waals surface area contributed by atoms with Crippen LogP contribution in [0.25, 0.3) is 0 Å². The molecule has 1 aliphatic rings. The van der Waals surface area contributed by atoms with Crippen molar-refractivity contribution in [2.45, 2.75) is 13.2 Å². The molecule has 0 fully saturated rings. The van der Waals surface area contributed by atoms with E-state index in [2.05, 4.69) is 5.48 Å². The normalized spacial score (nSPS) is 25.9. The average molecular weight is 115 g/mol. The van der Waals surface area contributed by atoms with Crippen LogP contribution in [0.15, 0.2) is 12.3 Å². The first-order chi connectivity index (χ1) is 3.93. The number of hydrogen-bond donors (Lipinski definition) is 1. The summed E-state index contributed by atoms with van der Waals surface area (Å²) in [7, 11) is 0. The van der Waals surface area contributed by atoms with Gasteiger partial charge in [-0.15, -0.1) is 0 Å². The van der Waals surface area contributed by atoms with E-state index in [1.165, 1.54) is 0 Å². The minimum atomic E-state index is -0.181. The zero-order valence-corrected chi connectivity index (χ0v) is 4.76. The zero-order chi connectivity index (χ0) is 5.82. The Balaban J connectivity index is 2.16. The predicted octanol–water partition coefficient (Wildman–Crippen LogP) is 0.398. The van der Waals surface area contributed by atoms with Crippen molar-refractivity contribution < 1.29 is 9.57 Å². The van der Waals surface area contributed by atoms with Gasteiger partial charge in [-0.3, -0.25) is 5.48 Å². The number of nitrogens with one attached hydrogen (secondary N) is 1. The molecule has 0 bridgehead atoms. The van der Waals surface area contributed by atoms with E-state index in [1.54, 1.807) is 6.20 Å². The molecule has 0 spiro atoms. The molecular weight excluding hydrogens is 106 g/mol. The van der Waals surface area contributed by atoms with Crippen molar-refractivity contribution in [3.8, 4) is 0 Å². The molecule has 1 heterocycles. The number of ether oxygens (including phenoxy) is 1. The van der Waals surface area contributed by atoms with Gasteiger partial charge in [-0.05, 0) is 13.0 Å². The van der Waals surface area contributed by atoms with Gasteiger partial charge in [-0.1, -0.05) is 0 Å². The van der Waals surface area contributed by atoms with E-state index in [0.29, 0.717) is 6.61 Å². The highest BCUT2D eigenvalue weighted by Crippen LogP contribution is 1.98. The van der Waals surface area contributed by atoms with Crippen molar-refractivity contribution in [2.24, 2.45) is 0 Å². The van der Waals surface area contributed by atoms with Crippen LogP contribution in [0.4, 0.5) is 0 Å². The average Bonchev–Trinajstić information content (AvgIpc) is 2.19. The van der Waals surface area contributed by atoms with Crippen molar-refractivity contribution >= 4 is 0 Å². The Morgan fingerprint density at radius 1 is 1.88 bits per heavy atom. The molecule has 1 aliphatic heterocycles. The van der Waals surface area contributed by atoms with Gasteiger partial charge < -0.3 is 4.74 Å². The van der Waals surface area contributed by atoms with E-state index in [4.69, 9.17) is 9.57 Å². The van der Waals surface area contributed by atoms with E-state index in [9.17, 15) is 0 Å². The Hall–Kier alpha value is -0.540. The second kappa shape index (κ2) is 2.69. The van der Waals surface area contributed by atoms with Crippen LogP contribution in [0.1, 0.15) is 6.92 Å². The van der Waals surface area contributed by atoms with Gasteiger partial charge in [0, 0.05) is 12.8 Å². The number of rotatable bonds is 2. The van der Waals surface area contributed by atoms with Crippen molar-refractivity contribution in [1.82, 2.24) is 5.48 Å². The van der Waals surface area contributed by atoms with Crippen LogP contribution < -0.4 is 5.48 Å². The van der Waals surface area contributed by atoms with Crippen LogP contribution in [-0.2, 0) is 9.57 Å². The summed E-state index contributed by atoms with van der Waals surface area (Å²) in [4.78, 5) is 4.81. The van der Waals surface area contributed by atoms with Gasteiger partial charge >= 0.3 is 0 Å². The molecule has 8 heavy (non-hydrogen) atoms. The first-order valence-electron chi connectivity index (χ1n) is 2.63. The van der Waals surface area contributed by atoms with Gasteiger partial charge in [0.15, 0.2) is 0 Å². The molecule has 0 aromatic rings. The van der Waals surface area contributed by atoms with E-state index in [-0.39, 0.29) is 6.29 Å². The van der Waals surface area contributed by atoms with E-state index < -0.39 is 0 Å². The summed E-state index contributed by atoms with van der Waals surface area (Å²) >= 11 is 0. The highest BCUT2D eigenvalue weighted by Gasteiger charge is 2.06. The predicted molar refractivity (Wildman–Crippen MR) is 28.8 cm³/mol. The second-order valence-corrected chi connectivity index (χ2v) is 1.42. The van der Waals surface area contributed by atoms with Gasteiger partial charge in [0.05, 0.1) is 0 Å². The van der Waals surface area contributed by atoms with Crippen LogP contribution in [0.5, 0.6) is 0 Å². The molecule has 0 aromatic heterocycles. The highest BCUT2D eigenvalue weighted by atomic mass is 16.8. The summed E-state index contributed by atoms with van der Waals surface area (Å²) in [5.74, 6) is 0. The first-order valence-corrected chi connectivity index (χ1v) is 2.63. The third-order valence-electron chi connectivity index (χ3n) is 0.837. The summed E-state index contributed by atoms with van der Waals surface area (Å²) in [5, 5.41) is 0. The van der Waals surface area contributed by atoms with Gasteiger partial charge in [-0.2, -0.15) is 0 Å². The lowest BCUT2D eigenvalue weighted by Crippen LogP contribution is -2.13. The van der Waals surface area contributed by atoms with Gasteiger partial charge in [0.1, 0.15) is 0 Å². The molecule has 3 heteroatoms. The summed E-state index contributed by atoms with van der Waals surface area (Å²) in [5.41, 5.74) is 2.55. The first kappa shape index (κ1) is 5.59. The Bertz CT molecular complexity index is 92.4. The van der Waals surface area contributed by atoms with Gasteiger partial charge in [0.25, 0.3) is 0 Å². The molecule has 1 N–H and O–H groups in total. The van der Waals surface area contributed by atoms with Crippen molar-refractivity contribution in [2.75, 3.05) is 6.61 Å². The molecule has 0 amide bonds. The van der Waals surface area contributed by atoms with Crippen molar-refractivity contribution in [1.29, 1.82) is 0 Å². The lowest BCUT2D eigenvalue weighted by molar-refractivity contribution is -0.123. The third-order valence-corrected chi connectivity index (χ3v) is 0.837. The van der Waals surface area contributed by atoms with Gasteiger partial charge in [-0.25, -0.2) is 4.84 Å². The maximum Gasteiger partial charge on any atom is 0.204 e. The van der Waals surface area contributed by atoms with Crippen LogP contribution in [0.3, 0.4) is 0 Å². The highest BCUT2D eigenvalue weighted by molar-refractivity contribution is 4.85. The molecule has 46 valence electrons. The number of hydrogen-bond acceptors (Lipinski definition) is 3. The lowest BCUT2D eigenvalue weighted by Gasteiger charge is -2.04. The maximum atomic E-state index is 5.03. The summed E-state index contributed by atoms with van der Waals surface area (Å²) in [6.45, 7) is 2.60. The second-order valence-electron chi connectivity index (χ2n) is 1.42. The molecule has 1 atom stereocenters. The SMILES string of the molecule is CCOC1C=CNO1. The molecule has 0 aliphatic carbocycles. The van der Waals surface area contributed by atoms with E-state index in [1.807, 2.05) is 13.0 Å². The van der Waals surface area contributed by atoms with E-state index in [0.717, 1.165) is 0 Å². The monoisotopic (exact) mass is 115 g/mol. The lowest BCUT2D eigenvalue weighted by atomic mass is 10.6. The summed E-state index contributed by atoms with van der Waals surface area (Å²) in [6, 6.07) is 0. The Morgan fingerprint density at radius 2 is 2.75 bits per heavy atom. The topological polar surface area (TPSA) is 30.5 Å². The fraction of sp³-hybridized carbons (Fsp3) is 0.600. The standard InChI is InChI=1S/C5H9NO2/c1-2-7-5-3-4-6-8-5/h3-6H,2H2,1H3. The quantitative estimate of drug-likeness (QED) is 0.565. The molecule has 0 saturated heterocycles. The van der Waals surface area contributed by atoms with Crippen molar-refractivity contribution in [3.05, 3.63) is 12.3 Å². The van der Waals surface area contributed by atoms with Crippen LogP contribution >= 0.6 is 0 Å². The Morgan fingerprint density at radius 3 is 3.25 bits per heavy atom. The Labute approximate surface area is 48.2 Å². The molecule has 1 rings (SSSR count). The molecule has 0 aromatic carbocycles. The van der Waals surface area contributed by atoms with Crippen molar-refractivity contribution in [3.63, 3.8) is 0 Å². The molecule has 3 nitrogen and oxygen atoms in total. The largest absolute Gasteiger partial charge is 0.347 e. The smallest absolute Gasteiger partial charge is 0.204 e. The minimum absolute atomic E-state index is 0.181. The van der Waals surface area contributed by atoms with Gasteiger partial charge in [0.2, 0.25) is 6.29 Å². The minimum Gasteiger partial charge on any atom is -0.347 e. The maximum absolute atomic E-state index is 5.03. The summed E-state index contributed by atoms with van der Waals surface area (Å²) in [6.07, 6.45) is 3.34. The summed E-state index contributed by atoms with van der Waals surface area (Å²) < 4.78 is 5.03. The number of hydroxylamine groups is 1. The van der Waals surface area contributed by atoms with Crippen LogP contribution in [0, 0.1) is 0 Å². The fourth-order valence-electron chi connectivity index (χ4n) is 0.517. The van der Waals surface area contributed by atoms with E-state index >= 15 is 0 Å². The van der Waals surface area contributed by atoms with Crippen LogP contribution in [0.2, 0.25) is 0 Å². The molecule has 1 unspecified atom stereocenters.